The molecular weight excluding hydrogens is 299 g/mol. The number of nitrogens with zero attached hydrogens (tertiary/aromatic N) is 2. The van der Waals surface area contributed by atoms with E-state index in [2.05, 4.69) is 20.2 Å². The van der Waals surface area contributed by atoms with Crippen LogP contribution in [0.3, 0.4) is 0 Å². The third-order valence-electron chi connectivity index (χ3n) is 2.48. The molecule has 0 aliphatic rings. The van der Waals surface area contributed by atoms with Crippen LogP contribution in [-0.4, -0.2) is 20.2 Å². The normalized spacial score (nSPS) is 10.7. The fraction of sp³-hybridized carbons (Fsp3) is 0.0833. The second-order valence-electron chi connectivity index (χ2n) is 3.85. The molecule has 8 heteroatoms. The van der Waals surface area contributed by atoms with Gasteiger partial charge in [-0.15, -0.1) is 11.3 Å². The molecular formula is C12H9FN4OS2. The number of benzene rings is 1. The number of aromatic nitrogens is 4. The molecule has 5 nitrogen and oxygen atoms in total. The Kier molecular flexibility index (Phi) is 3.57. The zero-order valence-electron chi connectivity index (χ0n) is 10.1. The summed E-state index contributed by atoms with van der Waals surface area (Å²) in [5.41, 5.74) is 0. The first-order valence-electron chi connectivity index (χ1n) is 5.69. The van der Waals surface area contributed by atoms with Gasteiger partial charge in [-0.3, -0.25) is 10.2 Å². The second-order valence-corrected chi connectivity index (χ2v) is 5.35. The smallest absolute Gasteiger partial charge is 0.213 e. The van der Waals surface area contributed by atoms with Crippen molar-refractivity contribution in [1.29, 1.82) is 0 Å². The van der Waals surface area contributed by atoms with E-state index in [-0.39, 0.29) is 18.2 Å². The van der Waals surface area contributed by atoms with Crippen LogP contribution in [0.15, 0.2) is 30.5 Å². The SMILES string of the molecule is Fc1ccccc1OCc1ncc(-c2nc(=S)[nH][nH]2)s1. The monoisotopic (exact) mass is 308 g/mol. The van der Waals surface area contributed by atoms with Crippen molar-refractivity contribution >= 4 is 23.6 Å². The summed E-state index contributed by atoms with van der Waals surface area (Å²) in [5, 5.41) is 6.29. The molecule has 0 aliphatic carbocycles. The lowest BCUT2D eigenvalue weighted by molar-refractivity contribution is 0.290. The zero-order valence-corrected chi connectivity index (χ0v) is 11.7. The van der Waals surface area contributed by atoms with Crippen molar-refractivity contribution in [2.45, 2.75) is 6.61 Å². The molecule has 0 unspecified atom stereocenters. The van der Waals surface area contributed by atoms with Crippen LogP contribution in [0.4, 0.5) is 4.39 Å². The van der Waals surface area contributed by atoms with Crippen LogP contribution >= 0.6 is 23.6 Å². The zero-order chi connectivity index (χ0) is 13.9. The van der Waals surface area contributed by atoms with Crippen LogP contribution in [0.5, 0.6) is 5.75 Å². The molecule has 2 heterocycles. The quantitative estimate of drug-likeness (QED) is 0.726. The van der Waals surface area contributed by atoms with Gasteiger partial charge in [0.05, 0.1) is 4.88 Å². The van der Waals surface area contributed by atoms with E-state index in [0.717, 1.165) is 9.88 Å². The molecule has 0 radical (unpaired) electrons. The maximum Gasteiger partial charge on any atom is 0.213 e. The Morgan fingerprint density at radius 1 is 1.30 bits per heavy atom. The highest BCUT2D eigenvalue weighted by Crippen LogP contribution is 2.24. The van der Waals surface area contributed by atoms with Crippen molar-refractivity contribution in [2.75, 3.05) is 0 Å². The number of aromatic amines is 2. The molecule has 0 saturated heterocycles. The minimum atomic E-state index is -0.388. The van der Waals surface area contributed by atoms with E-state index in [0.29, 0.717) is 10.6 Å². The molecule has 0 fully saturated rings. The fourth-order valence-corrected chi connectivity index (χ4v) is 2.49. The summed E-state index contributed by atoms with van der Waals surface area (Å²) < 4.78 is 19.2. The Balaban J connectivity index is 1.72. The van der Waals surface area contributed by atoms with Crippen molar-refractivity contribution in [2.24, 2.45) is 0 Å². The van der Waals surface area contributed by atoms with Gasteiger partial charge in [-0.1, -0.05) is 12.1 Å². The van der Waals surface area contributed by atoms with Crippen molar-refractivity contribution in [3.8, 4) is 16.5 Å². The number of halogens is 1. The fourth-order valence-electron chi connectivity index (χ4n) is 1.57. The molecule has 3 rings (SSSR count). The number of para-hydroxylation sites is 1. The van der Waals surface area contributed by atoms with Gasteiger partial charge in [0, 0.05) is 6.20 Å². The molecule has 3 aromatic rings. The number of thiazole rings is 1. The van der Waals surface area contributed by atoms with E-state index in [4.69, 9.17) is 17.0 Å². The first kappa shape index (κ1) is 12.9. The van der Waals surface area contributed by atoms with Crippen LogP contribution in [-0.2, 0) is 6.61 Å². The highest BCUT2D eigenvalue weighted by atomic mass is 32.1. The molecule has 0 amide bonds. The Morgan fingerprint density at radius 2 is 2.15 bits per heavy atom. The number of ether oxygens (including phenoxy) is 1. The predicted octanol–water partition coefficient (Wildman–Crippen LogP) is 3.31. The largest absolute Gasteiger partial charge is 0.483 e. The average Bonchev–Trinajstić information content (AvgIpc) is 3.06. The lowest BCUT2D eigenvalue weighted by atomic mass is 10.3. The minimum absolute atomic E-state index is 0.205. The third-order valence-corrected chi connectivity index (χ3v) is 3.65. The van der Waals surface area contributed by atoms with Gasteiger partial charge in [-0.05, 0) is 24.4 Å². The summed E-state index contributed by atoms with van der Waals surface area (Å²) in [6.07, 6.45) is 1.67. The number of hydrogen-bond acceptors (Lipinski definition) is 5. The summed E-state index contributed by atoms with van der Waals surface area (Å²) in [5.74, 6) is 0.453. The number of hydrogen-bond donors (Lipinski definition) is 2. The van der Waals surface area contributed by atoms with Gasteiger partial charge in [-0.2, -0.15) is 4.98 Å². The topological polar surface area (TPSA) is 66.6 Å². The molecule has 0 saturated carbocycles. The van der Waals surface area contributed by atoms with Crippen LogP contribution < -0.4 is 4.74 Å². The van der Waals surface area contributed by atoms with Crippen LogP contribution in [0.2, 0.25) is 0 Å². The van der Waals surface area contributed by atoms with E-state index in [1.54, 1.807) is 24.4 Å². The van der Waals surface area contributed by atoms with Crippen LogP contribution in [0, 0.1) is 10.6 Å². The summed E-state index contributed by atoms with van der Waals surface area (Å²) in [4.78, 5) is 9.15. The summed E-state index contributed by atoms with van der Waals surface area (Å²) in [6.45, 7) is 0.205. The van der Waals surface area contributed by atoms with Crippen LogP contribution in [0.1, 0.15) is 5.01 Å². The van der Waals surface area contributed by atoms with Gasteiger partial charge in [0.1, 0.15) is 11.6 Å². The van der Waals surface area contributed by atoms with Gasteiger partial charge in [0.15, 0.2) is 17.4 Å². The average molecular weight is 308 g/mol. The maximum atomic E-state index is 13.4. The van der Waals surface area contributed by atoms with Crippen molar-refractivity contribution in [1.82, 2.24) is 20.2 Å². The standard InChI is InChI=1S/C12H9FN4OS2/c13-7-3-1-2-4-8(7)18-6-10-14-5-9(20-10)11-15-12(19)17-16-11/h1-5H,6H2,(H2,15,16,17,19). The molecule has 1 aromatic carbocycles. The highest BCUT2D eigenvalue weighted by molar-refractivity contribution is 7.71. The summed E-state index contributed by atoms with van der Waals surface area (Å²) in [6, 6.07) is 6.26. The second kappa shape index (κ2) is 5.51. The van der Waals surface area contributed by atoms with Crippen molar-refractivity contribution in [3.63, 3.8) is 0 Å². The molecule has 2 N–H and O–H groups in total. The van der Waals surface area contributed by atoms with Crippen molar-refractivity contribution in [3.05, 3.63) is 46.1 Å². The summed E-state index contributed by atoms with van der Waals surface area (Å²) >= 11 is 6.29. The Morgan fingerprint density at radius 3 is 2.90 bits per heavy atom. The highest BCUT2D eigenvalue weighted by Gasteiger charge is 2.09. The molecule has 0 spiro atoms. The minimum Gasteiger partial charge on any atom is -0.483 e. The Labute approximate surface area is 122 Å². The molecule has 0 bridgehead atoms. The number of rotatable bonds is 4. The molecule has 102 valence electrons. The van der Waals surface area contributed by atoms with Gasteiger partial charge in [0.2, 0.25) is 4.77 Å². The third kappa shape index (κ3) is 2.75. The lowest BCUT2D eigenvalue weighted by Crippen LogP contribution is -1.96. The first-order chi connectivity index (χ1) is 9.72. The van der Waals surface area contributed by atoms with Crippen LogP contribution in [0.25, 0.3) is 10.7 Å². The number of H-pyrrole nitrogens is 2. The lowest BCUT2D eigenvalue weighted by Gasteiger charge is -2.04. The van der Waals surface area contributed by atoms with Crippen molar-refractivity contribution < 1.29 is 9.13 Å². The van der Waals surface area contributed by atoms with E-state index < -0.39 is 0 Å². The molecule has 0 atom stereocenters. The maximum absolute atomic E-state index is 13.4. The van der Waals surface area contributed by atoms with E-state index in [1.807, 2.05) is 0 Å². The number of nitrogens with one attached hydrogen (secondary N) is 2. The Hall–Kier alpha value is -2.06. The summed E-state index contributed by atoms with van der Waals surface area (Å²) in [7, 11) is 0. The van der Waals surface area contributed by atoms with Gasteiger partial charge >= 0.3 is 0 Å². The molecule has 2 aromatic heterocycles. The van der Waals surface area contributed by atoms with E-state index in [9.17, 15) is 4.39 Å². The molecule has 20 heavy (non-hydrogen) atoms. The Bertz CT molecular complexity index is 779. The van der Waals surface area contributed by atoms with E-state index >= 15 is 0 Å². The van der Waals surface area contributed by atoms with Gasteiger partial charge in [-0.25, -0.2) is 9.37 Å². The molecule has 0 aliphatic heterocycles. The van der Waals surface area contributed by atoms with Gasteiger partial charge in [0.25, 0.3) is 0 Å². The first-order valence-corrected chi connectivity index (χ1v) is 6.92. The predicted molar refractivity (Wildman–Crippen MR) is 75.6 cm³/mol. The van der Waals surface area contributed by atoms with Gasteiger partial charge < -0.3 is 4.74 Å². The van der Waals surface area contributed by atoms with E-state index in [1.165, 1.54) is 17.4 Å².